The van der Waals surface area contributed by atoms with E-state index in [4.69, 9.17) is 0 Å². The number of amides is 1. The summed E-state index contributed by atoms with van der Waals surface area (Å²) < 4.78 is 0. The molecule has 6 heteroatoms. The van der Waals surface area contributed by atoms with Gasteiger partial charge in [0.05, 0.1) is 5.92 Å². The highest BCUT2D eigenvalue weighted by molar-refractivity contribution is 7.99. The number of benzene rings is 2. The molecule has 1 aromatic heterocycles. The van der Waals surface area contributed by atoms with Crippen LogP contribution in [0.1, 0.15) is 30.9 Å². The Morgan fingerprint density at radius 3 is 2.77 bits per heavy atom. The molecule has 1 unspecified atom stereocenters. The molecule has 31 heavy (non-hydrogen) atoms. The number of piperidine rings is 1. The summed E-state index contributed by atoms with van der Waals surface area (Å²) in [6, 6.07) is 16.5. The van der Waals surface area contributed by atoms with Gasteiger partial charge in [-0.15, -0.1) is 0 Å². The number of aryl methyl sites for hydroxylation is 2. The van der Waals surface area contributed by atoms with Crippen molar-refractivity contribution in [3.05, 3.63) is 72.1 Å². The predicted octanol–water partition coefficient (Wildman–Crippen LogP) is 5.35. The summed E-state index contributed by atoms with van der Waals surface area (Å²) in [4.78, 5) is 25.5. The molecule has 2 heterocycles. The van der Waals surface area contributed by atoms with Crippen molar-refractivity contribution >= 4 is 29.2 Å². The lowest BCUT2D eigenvalue weighted by Crippen LogP contribution is -2.41. The van der Waals surface area contributed by atoms with Crippen molar-refractivity contribution < 1.29 is 4.79 Å². The van der Waals surface area contributed by atoms with Gasteiger partial charge in [0.25, 0.3) is 0 Å². The van der Waals surface area contributed by atoms with E-state index in [0.717, 1.165) is 47.2 Å². The van der Waals surface area contributed by atoms with Crippen LogP contribution in [0.25, 0.3) is 0 Å². The minimum Gasteiger partial charge on any atom is -0.354 e. The molecular formula is C25H28N4OS. The second kappa shape index (κ2) is 9.96. The molecule has 4 rings (SSSR count). The number of aromatic nitrogens is 2. The molecule has 0 aliphatic carbocycles. The zero-order chi connectivity index (χ0) is 21.6. The average Bonchev–Trinajstić information content (AvgIpc) is 2.81. The SMILES string of the molecule is CCc1cccc(NC(=O)C2CCCN(c3nccnc3Sc3ccc(C)cc3)C2)c1. The van der Waals surface area contributed by atoms with Crippen LogP contribution >= 0.6 is 11.8 Å². The van der Waals surface area contributed by atoms with Gasteiger partial charge >= 0.3 is 0 Å². The normalized spacial score (nSPS) is 16.2. The van der Waals surface area contributed by atoms with Crippen LogP contribution in [0.2, 0.25) is 0 Å². The van der Waals surface area contributed by atoms with E-state index in [1.54, 1.807) is 24.2 Å². The predicted molar refractivity (Wildman–Crippen MR) is 127 cm³/mol. The van der Waals surface area contributed by atoms with Gasteiger partial charge in [-0.25, -0.2) is 9.97 Å². The summed E-state index contributed by atoms with van der Waals surface area (Å²) in [6.45, 7) is 5.74. The molecule has 5 nitrogen and oxygen atoms in total. The zero-order valence-electron chi connectivity index (χ0n) is 18.0. The van der Waals surface area contributed by atoms with Crippen molar-refractivity contribution in [2.24, 2.45) is 5.92 Å². The first kappa shape index (κ1) is 21.4. The van der Waals surface area contributed by atoms with Crippen molar-refractivity contribution in [2.75, 3.05) is 23.3 Å². The molecule has 1 atom stereocenters. The monoisotopic (exact) mass is 432 g/mol. The molecule has 1 saturated heterocycles. The fourth-order valence-electron chi connectivity index (χ4n) is 3.82. The van der Waals surface area contributed by atoms with Gasteiger partial charge < -0.3 is 10.2 Å². The lowest BCUT2D eigenvalue weighted by Gasteiger charge is -2.33. The van der Waals surface area contributed by atoms with Crippen LogP contribution in [0.4, 0.5) is 11.5 Å². The Morgan fingerprint density at radius 1 is 1.16 bits per heavy atom. The van der Waals surface area contributed by atoms with Crippen molar-refractivity contribution in [3.8, 4) is 0 Å². The number of hydrogen-bond donors (Lipinski definition) is 1. The highest BCUT2D eigenvalue weighted by Crippen LogP contribution is 2.34. The quantitative estimate of drug-likeness (QED) is 0.569. The first-order valence-corrected chi connectivity index (χ1v) is 11.6. The van der Waals surface area contributed by atoms with Gasteiger partial charge in [-0.1, -0.05) is 48.5 Å². The number of carbonyl (C=O) groups is 1. The van der Waals surface area contributed by atoms with E-state index in [2.05, 4.69) is 70.4 Å². The number of hydrogen-bond acceptors (Lipinski definition) is 5. The van der Waals surface area contributed by atoms with Crippen LogP contribution in [0.5, 0.6) is 0 Å². The fraction of sp³-hybridized carbons (Fsp3) is 0.320. The van der Waals surface area contributed by atoms with Crippen molar-refractivity contribution in [2.45, 2.75) is 43.0 Å². The van der Waals surface area contributed by atoms with Gasteiger partial charge in [0.15, 0.2) is 5.82 Å². The van der Waals surface area contributed by atoms with Gasteiger partial charge in [-0.2, -0.15) is 0 Å². The third kappa shape index (κ3) is 5.44. The molecule has 160 valence electrons. The third-order valence-corrected chi connectivity index (χ3v) is 6.57. The Balaban J connectivity index is 1.47. The van der Waals surface area contributed by atoms with Gasteiger partial charge in [-0.05, 0) is 56.0 Å². The highest BCUT2D eigenvalue weighted by Gasteiger charge is 2.28. The number of anilines is 2. The highest BCUT2D eigenvalue weighted by atomic mass is 32.2. The van der Waals surface area contributed by atoms with Crippen LogP contribution in [0.3, 0.4) is 0 Å². The number of nitrogens with zero attached hydrogens (tertiary/aromatic N) is 3. The average molecular weight is 433 g/mol. The first-order chi connectivity index (χ1) is 15.1. The van der Waals surface area contributed by atoms with Gasteiger partial charge in [0, 0.05) is 36.1 Å². The van der Waals surface area contributed by atoms with E-state index in [1.165, 1.54) is 11.1 Å². The topological polar surface area (TPSA) is 58.1 Å². The van der Waals surface area contributed by atoms with Crippen molar-refractivity contribution in [3.63, 3.8) is 0 Å². The van der Waals surface area contributed by atoms with Crippen LogP contribution in [0, 0.1) is 12.8 Å². The molecule has 1 aliphatic rings. The molecular weight excluding hydrogens is 404 g/mol. The molecule has 0 radical (unpaired) electrons. The van der Waals surface area contributed by atoms with Gasteiger partial charge in [-0.3, -0.25) is 4.79 Å². The van der Waals surface area contributed by atoms with Crippen molar-refractivity contribution in [1.29, 1.82) is 0 Å². The Bertz CT molecular complexity index is 1040. The van der Waals surface area contributed by atoms with E-state index < -0.39 is 0 Å². The molecule has 0 spiro atoms. The van der Waals surface area contributed by atoms with E-state index in [9.17, 15) is 4.79 Å². The maximum absolute atomic E-state index is 13.0. The number of rotatable bonds is 6. The van der Waals surface area contributed by atoms with Crippen LogP contribution < -0.4 is 10.2 Å². The summed E-state index contributed by atoms with van der Waals surface area (Å²) in [5.41, 5.74) is 3.33. The standard InChI is InChI=1S/C25H28N4OS/c1-3-19-6-4-8-21(16-19)28-24(30)20-7-5-15-29(17-20)23-25(27-14-13-26-23)31-22-11-9-18(2)10-12-22/h4,6,8-14,16,20H,3,5,7,15,17H2,1-2H3,(H,28,30). The maximum atomic E-state index is 13.0. The molecule has 1 fully saturated rings. The van der Waals surface area contributed by atoms with E-state index in [0.29, 0.717) is 6.54 Å². The Kier molecular flexibility index (Phi) is 6.87. The summed E-state index contributed by atoms with van der Waals surface area (Å²) >= 11 is 1.62. The summed E-state index contributed by atoms with van der Waals surface area (Å²) in [5, 5.41) is 3.99. The van der Waals surface area contributed by atoms with E-state index >= 15 is 0 Å². The van der Waals surface area contributed by atoms with Gasteiger partial charge in [0.1, 0.15) is 5.03 Å². The lowest BCUT2D eigenvalue weighted by atomic mass is 9.97. The molecule has 2 aromatic carbocycles. The second-order valence-electron chi connectivity index (χ2n) is 7.93. The minimum atomic E-state index is -0.0711. The van der Waals surface area contributed by atoms with Crippen LogP contribution in [-0.4, -0.2) is 29.0 Å². The Morgan fingerprint density at radius 2 is 1.97 bits per heavy atom. The summed E-state index contributed by atoms with van der Waals surface area (Å²) in [6.07, 6.45) is 6.26. The molecule has 1 N–H and O–H groups in total. The van der Waals surface area contributed by atoms with E-state index in [1.807, 2.05) is 12.1 Å². The third-order valence-electron chi connectivity index (χ3n) is 5.58. The first-order valence-electron chi connectivity index (χ1n) is 10.8. The lowest BCUT2D eigenvalue weighted by molar-refractivity contribution is -0.120. The number of carbonyl (C=O) groups excluding carboxylic acids is 1. The second-order valence-corrected chi connectivity index (χ2v) is 8.99. The Labute approximate surface area is 188 Å². The van der Waals surface area contributed by atoms with Crippen LogP contribution in [-0.2, 0) is 11.2 Å². The molecule has 0 bridgehead atoms. The van der Waals surface area contributed by atoms with Crippen LogP contribution in [0.15, 0.2) is 70.8 Å². The molecule has 1 aliphatic heterocycles. The fourth-order valence-corrected chi connectivity index (χ4v) is 4.70. The summed E-state index contributed by atoms with van der Waals surface area (Å²) in [7, 11) is 0. The maximum Gasteiger partial charge on any atom is 0.229 e. The largest absolute Gasteiger partial charge is 0.354 e. The molecule has 1 amide bonds. The summed E-state index contributed by atoms with van der Waals surface area (Å²) in [5.74, 6) is 0.867. The zero-order valence-corrected chi connectivity index (χ0v) is 18.9. The number of nitrogens with one attached hydrogen (secondary N) is 1. The minimum absolute atomic E-state index is 0.0711. The molecule has 3 aromatic rings. The van der Waals surface area contributed by atoms with Crippen molar-refractivity contribution in [1.82, 2.24) is 9.97 Å². The van der Waals surface area contributed by atoms with E-state index in [-0.39, 0.29) is 11.8 Å². The van der Waals surface area contributed by atoms with Gasteiger partial charge in [0.2, 0.25) is 5.91 Å². The smallest absolute Gasteiger partial charge is 0.229 e. The molecule has 0 saturated carbocycles. The Hall–Kier alpha value is -2.86.